The van der Waals surface area contributed by atoms with Crippen LogP contribution in [0.3, 0.4) is 0 Å². The zero-order chi connectivity index (χ0) is 17.3. The van der Waals surface area contributed by atoms with Gasteiger partial charge in [0.1, 0.15) is 5.82 Å². The summed E-state index contributed by atoms with van der Waals surface area (Å²) in [5, 5.41) is 8.55. The maximum Gasteiger partial charge on any atom is 0.131 e. The minimum atomic E-state index is 0.0908. The first kappa shape index (κ1) is 17.3. The predicted octanol–water partition coefficient (Wildman–Crippen LogP) is 2.15. The molecule has 1 aromatic rings. The number of hydrogen-bond acceptors (Lipinski definition) is 5. The average molecular weight is 348 g/mol. The van der Waals surface area contributed by atoms with E-state index in [1.807, 2.05) is 4.68 Å². The van der Waals surface area contributed by atoms with E-state index in [4.69, 9.17) is 14.6 Å². The van der Waals surface area contributed by atoms with Crippen molar-refractivity contribution in [3.63, 3.8) is 0 Å². The Morgan fingerprint density at radius 2 is 1.92 bits per heavy atom. The van der Waals surface area contributed by atoms with Gasteiger partial charge in [-0.3, -0.25) is 4.68 Å². The van der Waals surface area contributed by atoms with Crippen molar-refractivity contribution < 1.29 is 9.47 Å². The van der Waals surface area contributed by atoms with Crippen LogP contribution < -0.4 is 10.2 Å². The van der Waals surface area contributed by atoms with Crippen LogP contribution in [0.2, 0.25) is 0 Å². The highest BCUT2D eigenvalue weighted by Crippen LogP contribution is 2.40. The van der Waals surface area contributed by atoms with Crippen molar-refractivity contribution in [1.29, 1.82) is 0 Å². The zero-order valence-electron chi connectivity index (χ0n) is 15.7. The van der Waals surface area contributed by atoms with Crippen LogP contribution in [0.15, 0.2) is 0 Å². The molecule has 3 fully saturated rings. The van der Waals surface area contributed by atoms with Crippen molar-refractivity contribution in [1.82, 2.24) is 15.1 Å². The number of nitrogens with one attached hydrogen (secondary N) is 1. The molecule has 0 aromatic carbocycles. The maximum absolute atomic E-state index is 6.25. The molecule has 1 aliphatic carbocycles. The topological polar surface area (TPSA) is 51.5 Å². The van der Waals surface area contributed by atoms with Crippen molar-refractivity contribution in [2.24, 2.45) is 7.05 Å². The second kappa shape index (κ2) is 7.25. The quantitative estimate of drug-likeness (QED) is 0.903. The van der Waals surface area contributed by atoms with Gasteiger partial charge >= 0.3 is 0 Å². The molecule has 140 valence electrons. The molecule has 6 heteroatoms. The highest BCUT2D eigenvalue weighted by Gasteiger charge is 2.44. The van der Waals surface area contributed by atoms with E-state index in [2.05, 4.69) is 24.2 Å². The number of anilines is 1. The van der Waals surface area contributed by atoms with Crippen LogP contribution in [0.25, 0.3) is 0 Å². The van der Waals surface area contributed by atoms with Crippen molar-refractivity contribution in [3.05, 3.63) is 11.3 Å². The molecule has 1 N–H and O–H groups in total. The van der Waals surface area contributed by atoms with Gasteiger partial charge in [0.25, 0.3) is 0 Å². The number of ether oxygens (including phenoxy) is 2. The van der Waals surface area contributed by atoms with Gasteiger partial charge in [-0.1, -0.05) is 19.3 Å². The van der Waals surface area contributed by atoms with Gasteiger partial charge in [-0.25, -0.2) is 0 Å². The molecule has 1 saturated carbocycles. The van der Waals surface area contributed by atoms with Crippen LogP contribution in [0.4, 0.5) is 5.82 Å². The Morgan fingerprint density at radius 3 is 2.68 bits per heavy atom. The van der Waals surface area contributed by atoms with Crippen molar-refractivity contribution in [3.8, 4) is 0 Å². The number of rotatable bonds is 4. The van der Waals surface area contributed by atoms with E-state index in [0.29, 0.717) is 6.04 Å². The van der Waals surface area contributed by atoms with Gasteiger partial charge in [0, 0.05) is 44.9 Å². The fourth-order valence-corrected chi connectivity index (χ4v) is 4.97. The number of hydrogen-bond donors (Lipinski definition) is 1. The molecule has 1 atom stereocenters. The van der Waals surface area contributed by atoms with Crippen LogP contribution in [0, 0.1) is 6.92 Å². The highest BCUT2D eigenvalue weighted by molar-refractivity contribution is 5.50. The van der Waals surface area contributed by atoms with E-state index >= 15 is 0 Å². The third-order valence-electron chi connectivity index (χ3n) is 6.28. The lowest BCUT2D eigenvalue weighted by atomic mass is 9.79. The minimum absolute atomic E-state index is 0.0908. The molecular formula is C19H32N4O2. The first-order chi connectivity index (χ1) is 12.2. The molecule has 0 radical (unpaired) electrons. The van der Waals surface area contributed by atoms with Crippen molar-refractivity contribution in [2.75, 3.05) is 37.8 Å². The van der Waals surface area contributed by atoms with E-state index in [9.17, 15) is 0 Å². The summed E-state index contributed by atoms with van der Waals surface area (Å²) in [6, 6.07) is 0.477. The summed E-state index contributed by atoms with van der Waals surface area (Å²) in [5.41, 5.74) is 2.56. The number of aromatic nitrogens is 2. The van der Waals surface area contributed by atoms with Crippen LogP contribution in [0.5, 0.6) is 0 Å². The molecule has 1 aromatic heterocycles. The van der Waals surface area contributed by atoms with E-state index < -0.39 is 0 Å². The van der Waals surface area contributed by atoms with Gasteiger partial charge in [-0.05, 0) is 26.2 Å². The standard InChI is InChI=1S/C19H32N4O2/c1-15-16(18(22(2)21-15)23-9-12-24-13-10-23)14-20-17-6-11-25-19(17)7-4-3-5-8-19/h17,20H,3-14H2,1-2H3. The van der Waals surface area contributed by atoms with Crippen LogP contribution in [-0.4, -0.2) is 54.3 Å². The first-order valence-corrected chi connectivity index (χ1v) is 9.92. The Hall–Kier alpha value is -1.11. The van der Waals surface area contributed by atoms with Gasteiger partial charge in [0.05, 0.1) is 24.5 Å². The summed E-state index contributed by atoms with van der Waals surface area (Å²) in [7, 11) is 2.06. The number of nitrogens with zero attached hydrogens (tertiary/aromatic N) is 3. The fraction of sp³-hybridized carbons (Fsp3) is 0.842. The van der Waals surface area contributed by atoms with Crippen molar-refractivity contribution >= 4 is 5.82 Å². The maximum atomic E-state index is 6.25. The number of morpholine rings is 1. The molecule has 2 aliphatic heterocycles. The zero-order valence-corrected chi connectivity index (χ0v) is 15.7. The molecule has 1 spiro atoms. The SMILES string of the molecule is Cc1nn(C)c(N2CCOCC2)c1CNC1CCOC12CCCCC2. The van der Waals surface area contributed by atoms with Gasteiger partial charge < -0.3 is 19.7 Å². The van der Waals surface area contributed by atoms with Gasteiger partial charge in [-0.2, -0.15) is 5.10 Å². The van der Waals surface area contributed by atoms with E-state index in [-0.39, 0.29) is 5.60 Å². The van der Waals surface area contributed by atoms with E-state index in [0.717, 1.165) is 51.6 Å². The third kappa shape index (κ3) is 3.32. The van der Waals surface area contributed by atoms with Crippen LogP contribution in [-0.2, 0) is 23.1 Å². The molecule has 6 nitrogen and oxygen atoms in total. The molecule has 2 saturated heterocycles. The summed E-state index contributed by atoms with van der Waals surface area (Å²) < 4.78 is 13.8. The van der Waals surface area contributed by atoms with Crippen LogP contribution >= 0.6 is 0 Å². The van der Waals surface area contributed by atoms with E-state index in [1.54, 1.807) is 0 Å². The molecule has 0 bridgehead atoms. The third-order valence-corrected chi connectivity index (χ3v) is 6.28. The molecule has 25 heavy (non-hydrogen) atoms. The lowest BCUT2D eigenvalue weighted by Crippen LogP contribution is -2.49. The first-order valence-electron chi connectivity index (χ1n) is 9.92. The van der Waals surface area contributed by atoms with E-state index in [1.165, 1.54) is 43.5 Å². The summed E-state index contributed by atoms with van der Waals surface area (Å²) in [4.78, 5) is 2.42. The van der Waals surface area contributed by atoms with Crippen molar-refractivity contribution in [2.45, 2.75) is 63.6 Å². The molecule has 3 heterocycles. The lowest BCUT2D eigenvalue weighted by molar-refractivity contribution is -0.0389. The normalized spacial score (nSPS) is 26.5. The summed E-state index contributed by atoms with van der Waals surface area (Å²) in [6.07, 6.45) is 7.54. The molecule has 0 amide bonds. The Bertz CT molecular complexity index is 588. The Kier molecular flexibility index (Phi) is 5.02. The molecule has 4 rings (SSSR count). The monoisotopic (exact) mass is 348 g/mol. The van der Waals surface area contributed by atoms with Gasteiger partial charge in [0.15, 0.2) is 0 Å². The largest absolute Gasteiger partial charge is 0.378 e. The molecular weight excluding hydrogens is 316 g/mol. The second-order valence-corrected chi connectivity index (χ2v) is 7.81. The predicted molar refractivity (Wildman–Crippen MR) is 98.0 cm³/mol. The minimum Gasteiger partial charge on any atom is -0.378 e. The summed E-state index contributed by atoms with van der Waals surface area (Å²) in [6.45, 7) is 7.41. The Balaban J connectivity index is 1.49. The Labute approximate surface area is 150 Å². The average Bonchev–Trinajstić information content (AvgIpc) is 3.14. The fourth-order valence-electron chi connectivity index (χ4n) is 4.97. The highest BCUT2D eigenvalue weighted by atomic mass is 16.5. The second-order valence-electron chi connectivity index (χ2n) is 7.81. The number of aryl methyl sites for hydroxylation is 2. The lowest BCUT2D eigenvalue weighted by Gasteiger charge is -2.38. The van der Waals surface area contributed by atoms with Gasteiger partial charge in [0.2, 0.25) is 0 Å². The Morgan fingerprint density at radius 1 is 1.16 bits per heavy atom. The summed E-state index contributed by atoms with van der Waals surface area (Å²) >= 11 is 0. The smallest absolute Gasteiger partial charge is 0.131 e. The molecule has 3 aliphatic rings. The molecule has 1 unspecified atom stereocenters. The summed E-state index contributed by atoms with van der Waals surface area (Å²) in [5.74, 6) is 1.25. The van der Waals surface area contributed by atoms with Crippen LogP contribution in [0.1, 0.15) is 49.8 Å². The van der Waals surface area contributed by atoms with Gasteiger partial charge in [-0.15, -0.1) is 0 Å².